The average molecular weight is 482 g/mol. The highest BCUT2D eigenvalue weighted by atomic mass is 16.5. The maximum Gasteiger partial charge on any atom is 0.262 e. The van der Waals surface area contributed by atoms with Gasteiger partial charge < -0.3 is 14.8 Å². The van der Waals surface area contributed by atoms with Gasteiger partial charge in [0.05, 0.1) is 19.7 Å². The van der Waals surface area contributed by atoms with Gasteiger partial charge in [0.15, 0.2) is 18.1 Å². The standard InChI is InChI=1S/C29H27N3O4/c1-20-8-3-6-13-25(20)31-29(34)19-36-26-15-14-21(16-27(26)35-2)18-30-32-28(33)17-23-11-7-10-22-9-4-5-12-24(22)23/h3-16,18H,17,19H2,1-2H3,(H,31,34)(H,32,33)/b30-18-. The Hall–Kier alpha value is -4.65. The zero-order valence-corrected chi connectivity index (χ0v) is 20.2. The maximum absolute atomic E-state index is 12.4. The summed E-state index contributed by atoms with van der Waals surface area (Å²) in [4.78, 5) is 24.7. The van der Waals surface area contributed by atoms with Crippen molar-refractivity contribution in [2.45, 2.75) is 13.3 Å². The molecule has 0 saturated heterocycles. The zero-order valence-electron chi connectivity index (χ0n) is 20.2. The van der Waals surface area contributed by atoms with Gasteiger partial charge in [-0.3, -0.25) is 9.59 Å². The molecule has 4 aromatic rings. The Balaban J connectivity index is 1.32. The second-order valence-electron chi connectivity index (χ2n) is 8.17. The fourth-order valence-electron chi connectivity index (χ4n) is 3.76. The van der Waals surface area contributed by atoms with E-state index in [0.29, 0.717) is 17.1 Å². The molecule has 0 aliphatic heterocycles. The van der Waals surface area contributed by atoms with E-state index in [0.717, 1.165) is 27.6 Å². The van der Waals surface area contributed by atoms with Crippen molar-refractivity contribution in [3.63, 3.8) is 0 Å². The number of hydrogen-bond donors (Lipinski definition) is 2. The molecule has 0 fully saturated rings. The number of nitrogens with zero attached hydrogens (tertiary/aromatic N) is 1. The molecule has 4 aromatic carbocycles. The van der Waals surface area contributed by atoms with E-state index in [9.17, 15) is 9.59 Å². The molecule has 0 bridgehead atoms. The number of methoxy groups -OCH3 is 1. The lowest BCUT2D eigenvalue weighted by molar-refractivity contribution is -0.120. The van der Waals surface area contributed by atoms with Crippen LogP contribution in [0.3, 0.4) is 0 Å². The van der Waals surface area contributed by atoms with E-state index < -0.39 is 0 Å². The molecule has 0 aliphatic rings. The summed E-state index contributed by atoms with van der Waals surface area (Å²) in [6.07, 6.45) is 1.75. The molecular formula is C29H27N3O4. The second-order valence-corrected chi connectivity index (χ2v) is 8.17. The monoisotopic (exact) mass is 481 g/mol. The van der Waals surface area contributed by atoms with Crippen molar-refractivity contribution >= 4 is 34.5 Å². The largest absolute Gasteiger partial charge is 0.493 e. The first-order valence-electron chi connectivity index (χ1n) is 11.5. The number of hydrogen-bond acceptors (Lipinski definition) is 5. The summed E-state index contributed by atoms with van der Waals surface area (Å²) in [5.74, 6) is 0.388. The average Bonchev–Trinajstić information content (AvgIpc) is 2.89. The van der Waals surface area contributed by atoms with Crippen LogP contribution in [0, 0.1) is 6.92 Å². The number of aryl methyl sites for hydroxylation is 1. The van der Waals surface area contributed by atoms with Gasteiger partial charge in [-0.15, -0.1) is 0 Å². The molecule has 0 aromatic heterocycles. The van der Waals surface area contributed by atoms with E-state index in [1.807, 2.05) is 73.7 Å². The zero-order chi connectivity index (χ0) is 25.3. The van der Waals surface area contributed by atoms with Gasteiger partial charge >= 0.3 is 0 Å². The smallest absolute Gasteiger partial charge is 0.262 e. The van der Waals surface area contributed by atoms with E-state index in [1.54, 1.807) is 18.2 Å². The lowest BCUT2D eigenvalue weighted by atomic mass is 10.0. The quantitative estimate of drug-likeness (QED) is 0.264. The molecule has 0 unspecified atom stereocenters. The van der Waals surface area contributed by atoms with Gasteiger partial charge in [-0.05, 0) is 58.7 Å². The lowest BCUT2D eigenvalue weighted by Crippen LogP contribution is -2.20. The SMILES string of the molecule is COc1cc(/C=N\NC(=O)Cc2cccc3ccccc23)ccc1OCC(=O)Nc1ccccc1C. The number of benzene rings is 4. The van der Waals surface area contributed by atoms with Crippen LogP contribution in [-0.4, -0.2) is 31.7 Å². The molecule has 0 aliphatic carbocycles. The van der Waals surface area contributed by atoms with Crippen molar-refractivity contribution in [2.24, 2.45) is 5.10 Å². The van der Waals surface area contributed by atoms with Gasteiger partial charge in [-0.1, -0.05) is 60.7 Å². The predicted molar refractivity (Wildman–Crippen MR) is 142 cm³/mol. The third-order valence-corrected chi connectivity index (χ3v) is 5.60. The van der Waals surface area contributed by atoms with E-state index >= 15 is 0 Å². The number of ether oxygens (including phenoxy) is 2. The van der Waals surface area contributed by atoms with E-state index in [1.165, 1.54) is 13.3 Å². The molecular weight excluding hydrogens is 454 g/mol. The Labute approximate surface area is 209 Å². The topological polar surface area (TPSA) is 89.0 Å². The molecule has 0 radical (unpaired) electrons. The Kier molecular flexibility index (Phi) is 7.93. The third-order valence-electron chi connectivity index (χ3n) is 5.60. The number of fused-ring (bicyclic) bond motifs is 1. The van der Waals surface area contributed by atoms with Crippen LogP contribution in [0.15, 0.2) is 90.0 Å². The van der Waals surface area contributed by atoms with Crippen molar-refractivity contribution in [1.29, 1.82) is 0 Å². The van der Waals surface area contributed by atoms with Crippen molar-refractivity contribution in [3.8, 4) is 11.5 Å². The number of para-hydroxylation sites is 1. The van der Waals surface area contributed by atoms with Gasteiger partial charge in [0.1, 0.15) is 0 Å². The van der Waals surface area contributed by atoms with E-state index in [2.05, 4.69) is 15.8 Å². The fourth-order valence-corrected chi connectivity index (χ4v) is 3.76. The summed E-state index contributed by atoms with van der Waals surface area (Å²) in [5, 5.41) is 9.04. The Morgan fingerprint density at radius 1 is 0.889 bits per heavy atom. The fraction of sp³-hybridized carbons (Fsp3) is 0.138. The number of rotatable bonds is 9. The van der Waals surface area contributed by atoms with E-state index in [4.69, 9.17) is 9.47 Å². The minimum absolute atomic E-state index is 0.164. The molecule has 2 N–H and O–H groups in total. The van der Waals surface area contributed by atoms with Crippen LogP contribution in [0.5, 0.6) is 11.5 Å². The molecule has 7 heteroatoms. The third kappa shape index (κ3) is 6.27. The van der Waals surface area contributed by atoms with Gasteiger partial charge in [0.2, 0.25) is 5.91 Å². The second kappa shape index (κ2) is 11.7. The Bertz CT molecular complexity index is 1410. The first-order chi connectivity index (χ1) is 17.5. The highest BCUT2D eigenvalue weighted by Gasteiger charge is 2.10. The van der Waals surface area contributed by atoms with Crippen LogP contribution in [0.25, 0.3) is 10.8 Å². The van der Waals surface area contributed by atoms with Crippen molar-refractivity contribution in [3.05, 3.63) is 102 Å². The normalized spacial score (nSPS) is 10.8. The van der Waals surface area contributed by atoms with Crippen molar-refractivity contribution < 1.29 is 19.1 Å². The summed E-state index contributed by atoms with van der Waals surface area (Å²) < 4.78 is 11.0. The van der Waals surface area contributed by atoms with Gasteiger partial charge in [-0.2, -0.15) is 5.10 Å². The van der Waals surface area contributed by atoms with Gasteiger partial charge in [0.25, 0.3) is 5.91 Å². The van der Waals surface area contributed by atoms with Crippen LogP contribution in [-0.2, 0) is 16.0 Å². The Morgan fingerprint density at radius 2 is 1.67 bits per heavy atom. The van der Waals surface area contributed by atoms with Crippen LogP contribution in [0.2, 0.25) is 0 Å². The van der Waals surface area contributed by atoms with Crippen LogP contribution in [0.4, 0.5) is 5.69 Å². The number of hydrazone groups is 1. The lowest BCUT2D eigenvalue weighted by Gasteiger charge is -2.12. The van der Waals surface area contributed by atoms with Crippen molar-refractivity contribution in [2.75, 3.05) is 19.0 Å². The molecule has 36 heavy (non-hydrogen) atoms. The minimum atomic E-state index is -0.272. The summed E-state index contributed by atoms with van der Waals surface area (Å²) in [5.41, 5.74) is 5.92. The minimum Gasteiger partial charge on any atom is -0.493 e. The van der Waals surface area contributed by atoms with Crippen LogP contribution in [0.1, 0.15) is 16.7 Å². The van der Waals surface area contributed by atoms with Gasteiger partial charge in [0, 0.05) is 5.69 Å². The molecule has 7 nitrogen and oxygen atoms in total. The molecule has 2 amide bonds. The van der Waals surface area contributed by atoms with Crippen LogP contribution >= 0.6 is 0 Å². The molecule has 0 atom stereocenters. The Morgan fingerprint density at radius 3 is 2.50 bits per heavy atom. The number of carbonyl (C=O) groups is 2. The number of anilines is 1. The molecule has 0 spiro atoms. The molecule has 182 valence electrons. The van der Waals surface area contributed by atoms with Gasteiger partial charge in [-0.25, -0.2) is 5.43 Å². The summed E-state index contributed by atoms with van der Waals surface area (Å²) in [6, 6.07) is 26.6. The predicted octanol–water partition coefficient (Wildman–Crippen LogP) is 4.87. The molecule has 0 saturated carbocycles. The highest BCUT2D eigenvalue weighted by Crippen LogP contribution is 2.27. The van der Waals surface area contributed by atoms with E-state index in [-0.39, 0.29) is 24.8 Å². The van der Waals surface area contributed by atoms with Crippen molar-refractivity contribution in [1.82, 2.24) is 5.43 Å². The number of amides is 2. The molecule has 0 heterocycles. The highest BCUT2D eigenvalue weighted by molar-refractivity contribution is 5.93. The number of nitrogens with one attached hydrogen (secondary N) is 2. The number of carbonyl (C=O) groups excluding carboxylic acids is 2. The molecule has 4 rings (SSSR count). The summed E-state index contributed by atoms with van der Waals surface area (Å²) >= 11 is 0. The van der Waals surface area contributed by atoms with Crippen LogP contribution < -0.4 is 20.2 Å². The maximum atomic E-state index is 12.4. The first-order valence-corrected chi connectivity index (χ1v) is 11.5. The summed E-state index contributed by atoms with van der Waals surface area (Å²) in [6.45, 7) is 1.76. The summed E-state index contributed by atoms with van der Waals surface area (Å²) in [7, 11) is 1.52. The first kappa shape index (κ1) is 24.5.